The number of nitrogens with zero attached hydrogens (tertiary/aromatic N) is 5. The zero-order valence-electron chi connectivity index (χ0n) is 22.1. The molecule has 0 aliphatic carbocycles. The average Bonchev–Trinajstić information content (AvgIpc) is 3.53. The number of aryl methyl sites for hydroxylation is 1. The molecule has 0 bridgehead atoms. The summed E-state index contributed by atoms with van der Waals surface area (Å²) in [6.07, 6.45) is 0. The fourth-order valence-electron chi connectivity index (χ4n) is 4.19. The maximum Gasteiger partial charge on any atom is 0.250 e. The van der Waals surface area contributed by atoms with Crippen LogP contribution in [0.4, 0.5) is 5.69 Å². The second-order valence-corrected chi connectivity index (χ2v) is 9.22. The van der Waals surface area contributed by atoms with Crippen LogP contribution >= 0.6 is 36.4 Å². The van der Waals surface area contributed by atoms with E-state index in [2.05, 4.69) is 32.9 Å². The van der Waals surface area contributed by atoms with Gasteiger partial charge in [0.15, 0.2) is 0 Å². The first-order chi connectivity index (χ1) is 17.9. The van der Waals surface area contributed by atoms with Gasteiger partial charge in [0.05, 0.1) is 23.8 Å². The molecule has 0 spiro atoms. The summed E-state index contributed by atoms with van der Waals surface area (Å²) in [5.41, 5.74) is 3.67. The van der Waals surface area contributed by atoms with E-state index in [9.17, 15) is 9.59 Å². The Morgan fingerprint density at radius 2 is 1.72 bits per heavy atom. The van der Waals surface area contributed by atoms with Crippen LogP contribution in [0.15, 0.2) is 47.0 Å². The number of amides is 2. The van der Waals surface area contributed by atoms with Crippen LogP contribution < -0.4 is 15.5 Å². The van der Waals surface area contributed by atoms with E-state index in [1.165, 1.54) is 11.1 Å². The molecule has 1 aliphatic rings. The molecule has 1 aromatic heterocycles. The van der Waals surface area contributed by atoms with Gasteiger partial charge in [-0.1, -0.05) is 47.9 Å². The van der Waals surface area contributed by atoms with Gasteiger partial charge >= 0.3 is 0 Å². The molecule has 0 saturated heterocycles. The number of hydrazine groups is 1. The fourth-order valence-corrected chi connectivity index (χ4v) is 4.41. The summed E-state index contributed by atoms with van der Waals surface area (Å²) in [6, 6.07) is 13.4. The minimum absolute atomic E-state index is 0. The van der Waals surface area contributed by atoms with E-state index in [4.69, 9.17) is 16.1 Å². The molecule has 0 radical (unpaired) electrons. The molecule has 10 nitrogen and oxygen atoms in total. The predicted octanol–water partition coefficient (Wildman–Crippen LogP) is 3.46. The molecule has 2 N–H and O–H groups in total. The Morgan fingerprint density at radius 3 is 2.33 bits per heavy atom. The summed E-state index contributed by atoms with van der Waals surface area (Å²) >= 11 is 6.51. The Labute approximate surface area is 245 Å². The molecule has 2 amide bonds. The Morgan fingerprint density at radius 1 is 1.05 bits per heavy atom. The Balaban J connectivity index is 0.00000267. The Hall–Kier alpha value is -2.73. The normalized spacial score (nSPS) is 12.3. The van der Waals surface area contributed by atoms with Gasteiger partial charge < -0.3 is 14.7 Å². The topological polar surface area (TPSA) is 107 Å². The van der Waals surface area contributed by atoms with Crippen molar-refractivity contribution in [3.63, 3.8) is 0 Å². The summed E-state index contributed by atoms with van der Waals surface area (Å²) in [5.74, 6) is 0.547. The van der Waals surface area contributed by atoms with Crippen molar-refractivity contribution in [1.29, 1.82) is 0 Å². The molecule has 0 atom stereocenters. The highest BCUT2D eigenvalue weighted by Crippen LogP contribution is 2.30. The lowest BCUT2D eigenvalue weighted by atomic mass is 10.1. The van der Waals surface area contributed by atoms with Crippen molar-refractivity contribution in [3.8, 4) is 11.4 Å². The Kier molecular flexibility index (Phi) is 12.6. The van der Waals surface area contributed by atoms with Crippen molar-refractivity contribution in [1.82, 2.24) is 30.8 Å². The highest BCUT2D eigenvalue weighted by atomic mass is 35.5. The summed E-state index contributed by atoms with van der Waals surface area (Å²) in [6.45, 7) is 6.86. The van der Waals surface area contributed by atoms with Gasteiger partial charge in [-0.25, -0.2) is 5.01 Å². The lowest BCUT2D eigenvalue weighted by molar-refractivity contribution is -0.145. The SMILES string of the molecule is CCNCCN(C(=O)CNCC(=O)N(C)N1Cc2ccccc2C1)c1cc(-c2noc(C)n2)ccc1Cl.Cl.Cl. The second kappa shape index (κ2) is 15.2. The number of carbonyl (C=O) groups is 2. The first-order valence-electron chi connectivity index (χ1n) is 12.3. The van der Waals surface area contributed by atoms with Gasteiger partial charge in [0.1, 0.15) is 0 Å². The number of benzene rings is 2. The molecule has 0 unspecified atom stereocenters. The van der Waals surface area contributed by atoms with E-state index >= 15 is 0 Å². The molecule has 3 aromatic rings. The van der Waals surface area contributed by atoms with Gasteiger partial charge in [0.2, 0.25) is 17.6 Å². The number of halogens is 3. The standard InChI is InChI=1S/C26H32ClN7O3.2ClH/c1-4-28-11-12-34(23-13-19(9-10-22(23)27)26-30-18(2)37-31-26)25(36)15-29-14-24(35)32(3)33-16-20-7-5-6-8-21(20)17-33;;/h5-10,13,28-29H,4,11-12,14-17H2,1-3H3;2*1H. The third-order valence-electron chi connectivity index (χ3n) is 6.25. The molecule has 4 rings (SSSR count). The summed E-state index contributed by atoms with van der Waals surface area (Å²) in [5, 5.41) is 14.2. The number of aromatic nitrogens is 2. The van der Waals surface area contributed by atoms with E-state index in [1.807, 2.05) is 24.1 Å². The van der Waals surface area contributed by atoms with E-state index in [1.54, 1.807) is 42.1 Å². The van der Waals surface area contributed by atoms with E-state index in [0.29, 0.717) is 54.2 Å². The van der Waals surface area contributed by atoms with Gasteiger partial charge in [-0.15, -0.1) is 24.8 Å². The smallest absolute Gasteiger partial charge is 0.250 e. The maximum absolute atomic E-state index is 13.3. The molecule has 39 heavy (non-hydrogen) atoms. The third kappa shape index (κ3) is 8.14. The maximum atomic E-state index is 13.3. The van der Waals surface area contributed by atoms with Crippen LogP contribution in [0, 0.1) is 6.92 Å². The van der Waals surface area contributed by atoms with Crippen molar-refractivity contribution < 1.29 is 14.1 Å². The number of likely N-dealkylation sites (N-methyl/N-ethyl adjacent to an activating group) is 2. The molecule has 2 heterocycles. The van der Waals surface area contributed by atoms with E-state index in [0.717, 1.165) is 6.54 Å². The molecule has 2 aromatic carbocycles. The summed E-state index contributed by atoms with van der Waals surface area (Å²) in [7, 11) is 1.76. The summed E-state index contributed by atoms with van der Waals surface area (Å²) in [4.78, 5) is 32.0. The van der Waals surface area contributed by atoms with E-state index < -0.39 is 0 Å². The molecule has 0 saturated carbocycles. The number of hydrogen-bond donors (Lipinski definition) is 2. The zero-order chi connectivity index (χ0) is 26.4. The van der Waals surface area contributed by atoms with Crippen molar-refractivity contribution in [2.45, 2.75) is 26.9 Å². The number of fused-ring (bicyclic) bond motifs is 1. The van der Waals surface area contributed by atoms with E-state index in [-0.39, 0.29) is 49.7 Å². The van der Waals surface area contributed by atoms with Gasteiger partial charge in [-0.3, -0.25) is 19.9 Å². The van der Waals surface area contributed by atoms with Crippen molar-refractivity contribution >= 4 is 53.9 Å². The van der Waals surface area contributed by atoms with Crippen molar-refractivity contribution in [3.05, 3.63) is 64.5 Å². The van der Waals surface area contributed by atoms with Crippen molar-refractivity contribution in [2.75, 3.05) is 44.7 Å². The van der Waals surface area contributed by atoms with Crippen LogP contribution in [0.5, 0.6) is 0 Å². The van der Waals surface area contributed by atoms with Gasteiger partial charge in [0.25, 0.3) is 5.91 Å². The largest absolute Gasteiger partial charge is 0.339 e. The molecule has 0 fully saturated rings. The van der Waals surface area contributed by atoms with Gasteiger partial charge in [-0.05, 0) is 35.9 Å². The number of carbonyl (C=O) groups excluding carboxylic acids is 2. The number of hydrogen-bond acceptors (Lipinski definition) is 8. The highest BCUT2D eigenvalue weighted by Gasteiger charge is 2.25. The molecular weight excluding hydrogens is 565 g/mol. The lowest BCUT2D eigenvalue weighted by Crippen LogP contribution is -2.47. The van der Waals surface area contributed by atoms with Gasteiger partial charge in [-0.2, -0.15) is 4.98 Å². The number of rotatable bonds is 11. The van der Waals surface area contributed by atoms with Gasteiger partial charge in [0, 0.05) is 45.7 Å². The van der Waals surface area contributed by atoms with Crippen LogP contribution in [-0.4, -0.2) is 71.7 Å². The average molecular weight is 599 g/mol. The first kappa shape index (κ1) is 32.5. The van der Waals surface area contributed by atoms with Crippen LogP contribution in [0.1, 0.15) is 23.9 Å². The highest BCUT2D eigenvalue weighted by molar-refractivity contribution is 6.34. The molecule has 1 aliphatic heterocycles. The number of nitrogens with one attached hydrogen (secondary N) is 2. The Bertz CT molecular complexity index is 1230. The van der Waals surface area contributed by atoms with Crippen LogP contribution in [0.3, 0.4) is 0 Å². The lowest BCUT2D eigenvalue weighted by Gasteiger charge is -2.28. The zero-order valence-corrected chi connectivity index (χ0v) is 24.5. The van der Waals surface area contributed by atoms with Crippen LogP contribution in [0.2, 0.25) is 5.02 Å². The second-order valence-electron chi connectivity index (χ2n) is 8.81. The monoisotopic (exact) mass is 597 g/mol. The van der Waals surface area contributed by atoms with Crippen molar-refractivity contribution in [2.24, 2.45) is 0 Å². The summed E-state index contributed by atoms with van der Waals surface area (Å²) < 4.78 is 5.09. The molecular formula is C26H34Cl3N7O3. The number of anilines is 1. The molecule has 212 valence electrons. The first-order valence-corrected chi connectivity index (χ1v) is 12.7. The third-order valence-corrected chi connectivity index (χ3v) is 6.57. The van der Waals surface area contributed by atoms with Crippen LogP contribution in [0.25, 0.3) is 11.4 Å². The predicted molar refractivity (Wildman–Crippen MR) is 156 cm³/mol. The quantitative estimate of drug-likeness (QED) is 0.323. The minimum atomic E-state index is -0.203. The fraction of sp³-hybridized carbons (Fsp3) is 0.385. The van der Waals surface area contributed by atoms with Crippen LogP contribution in [-0.2, 0) is 22.7 Å². The molecule has 13 heteroatoms. The minimum Gasteiger partial charge on any atom is -0.339 e.